The third kappa shape index (κ3) is 3.09. The fraction of sp³-hybridized carbons (Fsp3) is 0.529. The molecule has 7 heteroatoms. The van der Waals surface area contributed by atoms with E-state index < -0.39 is 6.04 Å². The zero-order valence-corrected chi connectivity index (χ0v) is 14.0. The monoisotopic (exact) mass is 333 g/mol. The highest BCUT2D eigenvalue weighted by Crippen LogP contribution is 2.34. The number of nitrogens with one attached hydrogen (secondary N) is 1. The summed E-state index contributed by atoms with van der Waals surface area (Å²) in [5.74, 6) is -0.359. The minimum Gasteiger partial charge on any atom is -0.467 e. The Balaban J connectivity index is 1.73. The van der Waals surface area contributed by atoms with Gasteiger partial charge >= 0.3 is 12.0 Å². The van der Waals surface area contributed by atoms with E-state index in [0.717, 1.165) is 5.56 Å². The predicted octanol–water partition coefficient (Wildman–Crippen LogP) is 1.01. The van der Waals surface area contributed by atoms with Crippen molar-refractivity contribution in [1.29, 1.82) is 0 Å². The van der Waals surface area contributed by atoms with Gasteiger partial charge in [-0.2, -0.15) is 5.06 Å². The number of hydrogen-bond acceptors (Lipinski definition) is 5. The van der Waals surface area contributed by atoms with Crippen molar-refractivity contribution >= 4 is 12.0 Å². The summed E-state index contributed by atoms with van der Waals surface area (Å²) in [6.07, 6.45) is 0.706. The van der Waals surface area contributed by atoms with E-state index in [9.17, 15) is 9.59 Å². The van der Waals surface area contributed by atoms with Crippen LogP contribution in [-0.4, -0.2) is 61.3 Å². The van der Waals surface area contributed by atoms with Crippen LogP contribution in [0.1, 0.15) is 12.0 Å². The summed E-state index contributed by atoms with van der Waals surface area (Å²) >= 11 is 0. The molecular weight excluding hydrogens is 310 g/mol. The highest BCUT2D eigenvalue weighted by molar-refractivity contribution is 5.85. The van der Waals surface area contributed by atoms with Gasteiger partial charge in [-0.25, -0.2) is 9.59 Å². The van der Waals surface area contributed by atoms with Crippen molar-refractivity contribution in [3.05, 3.63) is 35.9 Å². The molecule has 2 fully saturated rings. The summed E-state index contributed by atoms with van der Waals surface area (Å²) < 4.78 is 4.91. The topological polar surface area (TPSA) is 71.1 Å². The third-order valence-corrected chi connectivity index (χ3v) is 4.65. The summed E-state index contributed by atoms with van der Waals surface area (Å²) in [7, 11) is 3.20. The van der Waals surface area contributed by atoms with Crippen molar-refractivity contribution in [3.63, 3.8) is 0 Å². The molecule has 0 unspecified atom stereocenters. The van der Waals surface area contributed by atoms with Gasteiger partial charge in [0.15, 0.2) is 0 Å². The van der Waals surface area contributed by atoms with E-state index in [1.54, 1.807) is 4.90 Å². The van der Waals surface area contributed by atoms with Crippen LogP contribution in [0.5, 0.6) is 0 Å². The number of hydroxylamine groups is 2. The minimum atomic E-state index is -0.559. The lowest BCUT2D eigenvalue weighted by Gasteiger charge is -2.35. The second-order valence-corrected chi connectivity index (χ2v) is 6.20. The van der Waals surface area contributed by atoms with Crippen LogP contribution >= 0.6 is 0 Å². The van der Waals surface area contributed by atoms with Gasteiger partial charge < -0.3 is 15.0 Å². The van der Waals surface area contributed by atoms with Crippen molar-refractivity contribution in [1.82, 2.24) is 15.3 Å². The molecule has 2 bridgehead atoms. The maximum atomic E-state index is 12.7. The van der Waals surface area contributed by atoms with Crippen molar-refractivity contribution < 1.29 is 19.2 Å². The van der Waals surface area contributed by atoms with E-state index in [1.807, 2.05) is 37.4 Å². The van der Waals surface area contributed by atoms with E-state index in [1.165, 1.54) is 12.2 Å². The largest absolute Gasteiger partial charge is 0.467 e. The molecule has 2 saturated heterocycles. The number of fused-ring (bicyclic) bond motifs is 2. The van der Waals surface area contributed by atoms with Crippen LogP contribution in [0.3, 0.4) is 0 Å². The first-order chi connectivity index (χ1) is 11.7. The number of methoxy groups -OCH3 is 1. The standard InChI is InChI=1S/C17H23N3O4/c1-18-9-13-8-14-10-19(15(13)16(21)23-2)17(22)20(14)24-11-12-6-4-3-5-7-12/h3-7,13-15,18H,8-11H2,1-2H3/t13-,14-,15-/m1/s1. The molecule has 24 heavy (non-hydrogen) atoms. The normalized spacial score (nSPS) is 25.9. The molecule has 2 aliphatic heterocycles. The van der Waals surface area contributed by atoms with E-state index in [0.29, 0.717) is 26.1 Å². The highest BCUT2D eigenvalue weighted by Gasteiger charge is 2.52. The summed E-state index contributed by atoms with van der Waals surface area (Å²) in [6, 6.07) is 8.85. The maximum Gasteiger partial charge on any atom is 0.345 e. The SMILES string of the molecule is CNC[C@H]1C[C@@H]2CN(C(=O)N2OCc2ccccc2)[C@H]1C(=O)OC. The number of ether oxygens (including phenoxy) is 1. The molecule has 0 aliphatic carbocycles. The summed E-state index contributed by atoms with van der Waals surface area (Å²) in [5, 5.41) is 4.53. The Kier molecular flexibility index (Phi) is 5.01. The molecule has 0 spiro atoms. The first kappa shape index (κ1) is 16.7. The Morgan fingerprint density at radius 2 is 2.08 bits per heavy atom. The highest BCUT2D eigenvalue weighted by atomic mass is 16.7. The van der Waals surface area contributed by atoms with Gasteiger partial charge in [0.05, 0.1) is 13.2 Å². The molecule has 7 nitrogen and oxygen atoms in total. The quantitative estimate of drug-likeness (QED) is 0.787. The van der Waals surface area contributed by atoms with Crippen LogP contribution in [-0.2, 0) is 21.0 Å². The Labute approximate surface area is 141 Å². The number of nitrogens with zero attached hydrogens (tertiary/aromatic N) is 2. The molecule has 0 aromatic heterocycles. The first-order valence-corrected chi connectivity index (χ1v) is 8.14. The van der Waals surface area contributed by atoms with Crippen LogP contribution in [0, 0.1) is 5.92 Å². The number of urea groups is 1. The molecule has 1 aromatic carbocycles. The van der Waals surface area contributed by atoms with E-state index in [-0.39, 0.29) is 24.0 Å². The van der Waals surface area contributed by atoms with Crippen LogP contribution in [0.15, 0.2) is 30.3 Å². The number of carbonyl (C=O) groups excluding carboxylic acids is 2. The van der Waals surface area contributed by atoms with Crippen LogP contribution in [0.4, 0.5) is 4.79 Å². The van der Waals surface area contributed by atoms with Gasteiger partial charge in [-0.3, -0.25) is 4.84 Å². The van der Waals surface area contributed by atoms with E-state index in [2.05, 4.69) is 5.32 Å². The van der Waals surface area contributed by atoms with Crippen LogP contribution in [0.2, 0.25) is 0 Å². The Morgan fingerprint density at radius 1 is 1.33 bits per heavy atom. The van der Waals surface area contributed by atoms with Crippen LogP contribution < -0.4 is 5.32 Å². The number of esters is 1. The summed E-state index contributed by atoms with van der Waals surface area (Å²) in [5.41, 5.74) is 0.998. The maximum absolute atomic E-state index is 12.7. The average Bonchev–Trinajstić information content (AvgIpc) is 2.85. The second kappa shape index (κ2) is 7.19. The number of piperidine rings is 1. The van der Waals surface area contributed by atoms with Crippen molar-refractivity contribution in [2.75, 3.05) is 27.2 Å². The van der Waals surface area contributed by atoms with Crippen molar-refractivity contribution in [2.24, 2.45) is 5.92 Å². The first-order valence-electron chi connectivity index (χ1n) is 8.14. The van der Waals surface area contributed by atoms with Crippen molar-refractivity contribution in [3.8, 4) is 0 Å². The Hall–Kier alpha value is -2.12. The lowest BCUT2D eigenvalue weighted by molar-refractivity contribution is -0.149. The summed E-state index contributed by atoms with van der Waals surface area (Å²) in [4.78, 5) is 32.2. The molecule has 3 rings (SSSR count). The van der Waals surface area contributed by atoms with Crippen molar-refractivity contribution in [2.45, 2.75) is 25.1 Å². The molecule has 0 saturated carbocycles. The number of benzene rings is 1. The molecule has 1 aromatic rings. The fourth-order valence-electron chi connectivity index (χ4n) is 3.57. The van der Waals surface area contributed by atoms with Gasteiger partial charge in [0, 0.05) is 19.0 Å². The van der Waals surface area contributed by atoms with Gasteiger partial charge in [0.1, 0.15) is 12.6 Å². The second-order valence-electron chi connectivity index (χ2n) is 6.20. The van der Waals surface area contributed by atoms with Gasteiger partial charge in [0.2, 0.25) is 0 Å². The molecule has 3 atom stereocenters. The number of carbonyl (C=O) groups is 2. The zero-order valence-electron chi connectivity index (χ0n) is 14.0. The number of hydrogen-bond donors (Lipinski definition) is 1. The number of rotatable bonds is 6. The smallest absolute Gasteiger partial charge is 0.345 e. The summed E-state index contributed by atoms with van der Waals surface area (Å²) in [6.45, 7) is 1.47. The van der Waals surface area contributed by atoms with Crippen LogP contribution in [0.25, 0.3) is 0 Å². The molecule has 2 heterocycles. The molecule has 130 valence electrons. The lowest BCUT2D eigenvalue weighted by Crippen LogP contribution is -2.53. The van der Waals surface area contributed by atoms with Gasteiger partial charge in [-0.15, -0.1) is 0 Å². The Morgan fingerprint density at radius 3 is 2.75 bits per heavy atom. The number of amides is 2. The zero-order chi connectivity index (χ0) is 17.1. The molecule has 2 aliphatic rings. The van der Waals surface area contributed by atoms with Gasteiger partial charge in [0.25, 0.3) is 0 Å². The van der Waals surface area contributed by atoms with Gasteiger partial charge in [-0.1, -0.05) is 30.3 Å². The third-order valence-electron chi connectivity index (χ3n) is 4.65. The van der Waals surface area contributed by atoms with Gasteiger partial charge in [-0.05, 0) is 19.0 Å². The predicted molar refractivity (Wildman–Crippen MR) is 86.8 cm³/mol. The average molecular weight is 333 g/mol. The van der Waals surface area contributed by atoms with E-state index in [4.69, 9.17) is 9.57 Å². The molecule has 2 amide bonds. The molecular formula is C17H23N3O4. The fourth-order valence-corrected chi connectivity index (χ4v) is 3.57. The lowest BCUT2D eigenvalue weighted by atomic mass is 9.88. The van der Waals surface area contributed by atoms with E-state index >= 15 is 0 Å². The minimum absolute atomic E-state index is 0.00970. The molecule has 0 radical (unpaired) electrons. The Bertz CT molecular complexity index is 595. The molecule has 1 N–H and O–H groups in total.